The van der Waals surface area contributed by atoms with E-state index in [1.165, 1.54) is 21.6 Å². The summed E-state index contributed by atoms with van der Waals surface area (Å²) in [5.74, 6) is 10.1. The van der Waals surface area contributed by atoms with Crippen molar-refractivity contribution in [3.8, 4) is 0 Å². The Balaban J connectivity index is 3.43. The average Bonchev–Trinajstić information content (AvgIpc) is 2.32. The summed E-state index contributed by atoms with van der Waals surface area (Å²) in [5.41, 5.74) is 0. The summed E-state index contributed by atoms with van der Waals surface area (Å²) >= 11 is 0. The fraction of sp³-hybridized carbons (Fsp3) is 1.00. The molecule has 0 aromatic carbocycles. The van der Waals surface area contributed by atoms with Crippen LogP contribution in [0.3, 0.4) is 0 Å². The van der Waals surface area contributed by atoms with Gasteiger partial charge in [-0.1, -0.05) is 21.6 Å². The monoisotopic (exact) mass is 340 g/mol. The standard InChI is InChI=1S/C6H16N2O6S4/c7-13-17(9,10)5-1-3-15-16-4-2-6-18(11,12)14-8/h1-8H2. The van der Waals surface area contributed by atoms with Gasteiger partial charge in [0, 0.05) is 11.5 Å². The van der Waals surface area contributed by atoms with Crippen molar-refractivity contribution in [2.45, 2.75) is 12.8 Å². The van der Waals surface area contributed by atoms with Gasteiger partial charge in [-0.25, -0.2) is 0 Å². The Labute approximate surface area is 115 Å². The van der Waals surface area contributed by atoms with E-state index in [-0.39, 0.29) is 11.5 Å². The molecule has 0 aliphatic rings. The molecule has 110 valence electrons. The molecule has 0 saturated heterocycles. The highest BCUT2D eigenvalue weighted by atomic mass is 33.1. The van der Waals surface area contributed by atoms with Gasteiger partial charge in [0.25, 0.3) is 20.2 Å². The van der Waals surface area contributed by atoms with Crippen molar-refractivity contribution in [3.05, 3.63) is 0 Å². The van der Waals surface area contributed by atoms with Crippen LogP contribution < -0.4 is 11.8 Å². The molecule has 0 amide bonds. The van der Waals surface area contributed by atoms with Gasteiger partial charge < -0.3 is 0 Å². The molecule has 18 heavy (non-hydrogen) atoms. The normalized spacial score (nSPS) is 12.8. The van der Waals surface area contributed by atoms with E-state index < -0.39 is 20.2 Å². The molecule has 0 heterocycles. The lowest BCUT2D eigenvalue weighted by Crippen LogP contribution is -2.15. The Kier molecular flexibility index (Phi) is 9.59. The van der Waals surface area contributed by atoms with Crippen molar-refractivity contribution in [1.29, 1.82) is 0 Å². The maximum Gasteiger partial charge on any atom is 0.283 e. The van der Waals surface area contributed by atoms with Crippen molar-refractivity contribution in [1.82, 2.24) is 0 Å². The van der Waals surface area contributed by atoms with Crippen molar-refractivity contribution < 1.29 is 25.4 Å². The summed E-state index contributed by atoms with van der Waals surface area (Å²) in [6, 6.07) is 0. The molecule has 12 heteroatoms. The average molecular weight is 340 g/mol. The van der Waals surface area contributed by atoms with Crippen LogP contribution in [0.2, 0.25) is 0 Å². The van der Waals surface area contributed by atoms with E-state index in [0.717, 1.165) is 0 Å². The Morgan fingerprint density at radius 1 is 0.778 bits per heavy atom. The highest BCUT2D eigenvalue weighted by Crippen LogP contribution is 2.23. The third kappa shape index (κ3) is 10.4. The topological polar surface area (TPSA) is 139 Å². The molecule has 0 aliphatic carbocycles. The molecule has 4 N–H and O–H groups in total. The zero-order valence-electron chi connectivity index (χ0n) is 9.48. The van der Waals surface area contributed by atoms with Gasteiger partial charge in [-0.2, -0.15) is 37.2 Å². The first kappa shape index (κ1) is 18.4. The third-order valence-corrected chi connectivity index (χ3v) is 6.36. The molecule has 0 aliphatic heterocycles. The van der Waals surface area contributed by atoms with E-state index >= 15 is 0 Å². The third-order valence-electron chi connectivity index (χ3n) is 1.62. The van der Waals surface area contributed by atoms with Gasteiger partial charge >= 0.3 is 0 Å². The minimum atomic E-state index is -3.59. The zero-order valence-corrected chi connectivity index (χ0v) is 12.7. The molecular weight excluding hydrogens is 324 g/mol. The quantitative estimate of drug-likeness (QED) is 0.290. The van der Waals surface area contributed by atoms with E-state index in [9.17, 15) is 16.8 Å². The zero-order chi connectivity index (χ0) is 14.1. The molecule has 0 rings (SSSR count). The van der Waals surface area contributed by atoms with Crippen LogP contribution in [0.5, 0.6) is 0 Å². The second-order valence-electron chi connectivity index (χ2n) is 3.07. The molecule has 0 spiro atoms. The number of hydrogen-bond donors (Lipinski definition) is 2. The van der Waals surface area contributed by atoms with Crippen molar-refractivity contribution in [2.75, 3.05) is 23.0 Å². The Morgan fingerprint density at radius 3 is 1.39 bits per heavy atom. The maximum absolute atomic E-state index is 10.8. The fourth-order valence-electron chi connectivity index (χ4n) is 0.803. The van der Waals surface area contributed by atoms with E-state index in [4.69, 9.17) is 0 Å². The summed E-state index contributed by atoms with van der Waals surface area (Å²) < 4.78 is 50.9. The summed E-state index contributed by atoms with van der Waals surface area (Å²) in [4.78, 5) is 0. The van der Waals surface area contributed by atoms with Crippen molar-refractivity contribution in [2.24, 2.45) is 11.8 Å². The number of nitrogens with two attached hydrogens (primary N) is 2. The predicted molar refractivity (Wildman–Crippen MR) is 72.3 cm³/mol. The first-order valence-corrected chi connectivity index (χ1v) is 10.4. The SMILES string of the molecule is NOS(=O)(=O)CCCSSCCCS(=O)(=O)ON. The molecule has 0 bridgehead atoms. The smallest absolute Gasteiger partial charge is 0.198 e. The molecule has 0 aromatic heterocycles. The summed E-state index contributed by atoms with van der Waals surface area (Å²) in [6.07, 6.45) is 0.836. The summed E-state index contributed by atoms with van der Waals surface area (Å²) in [7, 11) is -4.29. The largest absolute Gasteiger partial charge is 0.283 e. The highest BCUT2D eigenvalue weighted by molar-refractivity contribution is 8.76. The summed E-state index contributed by atoms with van der Waals surface area (Å²) in [5, 5.41) is 0. The lowest BCUT2D eigenvalue weighted by molar-refractivity contribution is 0.332. The summed E-state index contributed by atoms with van der Waals surface area (Å²) in [6.45, 7) is 0. The van der Waals surface area contributed by atoms with Crippen molar-refractivity contribution >= 4 is 41.8 Å². The lowest BCUT2D eigenvalue weighted by Gasteiger charge is -2.02. The maximum atomic E-state index is 10.8. The van der Waals surface area contributed by atoms with Crippen molar-refractivity contribution in [3.63, 3.8) is 0 Å². The van der Waals surface area contributed by atoms with Crippen LogP contribution in [-0.4, -0.2) is 39.8 Å². The van der Waals surface area contributed by atoms with Crippen LogP contribution in [0.4, 0.5) is 0 Å². The van der Waals surface area contributed by atoms with Crippen LogP contribution in [-0.2, 0) is 28.8 Å². The van der Waals surface area contributed by atoms with E-state index in [1.54, 1.807) is 0 Å². The first-order chi connectivity index (χ1) is 8.33. The minimum Gasteiger partial charge on any atom is -0.198 e. The van der Waals surface area contributed by atoms with Gasteiger partial charge in [-0.3, -0.25) is 0 Å². The first-order valence-electron chi connectivity index (χ1n) is 4.79. The molecule has 8 nitrogen and oxygen atoms in total. The Hall–Kier alpha value is 0.440. The van der Waals surface area contributed by atoms with E-state index in [1.807, 2.05) is 0 Å². The van der Waals surface area contributed by atoms with Crippen LogP contribution in [0.25, 0.3) is 0 Å². The Bertz CT molecular complexity index is 368. The van der Waals surface area contributed by atoms with Gasteiger partial charge in [0.2, 0.25) is 0 Å². The second-order valence-corrected chi connectivity index (χ2v) is 9.20. The number of rotatable bonds is 11. The van der Waals surface area contributed by atoms with Gasteiger partial charge in [0.15, 0.2) is 0 Å². The van der Waals surface area contributed by atoms with Crippen LogP contribution >= 0.6 is 21.6 Å². The van der Waals surface area contributed by atoms with Gasteiger partial charge in [0.05, 0.1) is 11.5 Å². The van der Waals surface area contributed by atoms with Gasteiger partial charge in [-0.15, -0.1) is 0 Å². The molecule has 0 atom stereocenters. The van der Waals surface area contributed by atoms with Crippen LogP contribution in [0, 0.1) is 0 Å². The van der Waals surface area contributed by atoms with Gasteiger partial charge in [0.1, 0.15) is 0 Å². The minimum absolute atomic E-state index is 0.132. The Morgan fingerprint density at radius 2 is 1.11 bits per heavy atom. The van der Waals surface area contributed by atoms with Crippen LogP contribution in [0.15, 0.2) is 0 Å². The molecule has 0 saturated carbocycles. The molecular formula is C6H16N2O6S4. The fourth-order valence-corrected chi connectivity index (χ4v) is 4.53. The molecule has 0 unspecified atom stereocenters. The van der Waals surface area contributed by atoms with Crippen LogP contribution in [0.1, 0.15) is 12.8 Å². The molecule has 0 aromatic rings. The van der Waals surface area contributed by atoms with Gasteiger partial charge in [-0.05, 0) is 12.8 Å². The predicted octanol–water partition coefficient (Wildman–Crippen LogP) is -0.412. The van der Waals surface area contributed by atoms with E-state index in [2.05, 4.69) is 20.4 Å². The second kappa shape index (κ2) is 9.36. The highest BCUT2D eigenvalue weighted by Gasteiger charge is 2.09. The molecule has 0 fully saturated rings. The van der Waals surface area contributed by atoms with E-state index in [0.29, 0.717) is 24.3 Å². The lowest BCUT2D eigenvalue weighted by atomic mass is 10.6. The number of hydrogen-bond acceptors (Lipinski definition) is 10. The molecule has 0 radical (unpaired) electrons.